The smallest absolute Gasteiger partial charge is 0.0701 e. The Bertz CT molecular complexity index is 182. The van der Waals surface area contributed by atoms with Crippen LogP contribution >= 0.6 is 15.9 Å². The Morgan fingerprint density at radius 3 is 2.00 bits per heavy atom. The van der Waals surface area contributed by atoms with Gasteiger partial charge in [-0.3, -0.25) is 0 Å². The van der Waals surface area contributed by atoms with Gasteiger partial charge < -0.3 is 19.1 Å². The van der Waals surface area contributed by atoms with Gasteiger partial charge in [-0.05, 0) is 13.5 Å². The van der Waals surface area contributed by atoms with Gasteiger partial charge in [0.05, 0.1) is 33.0 Å². The van der Waals surface area contributed by atoms with Gasteiger partial charge in [0.25, 0.3) is 0 Å². The molecular formula is C14H30BrNO3. The van der Waals surface area contributed by atoms with E-state index in [9.17, 15) is 0 Å². The summed E-state index contributed by atoms with van der Waals surface area (Å²) in [4.78, 5) is 2.77. The van der Waals surface area contributed by atoms with Gasteiger partial charge in [0, 0.05) is 24.5 Å². The zero-order chi connectivity index (χ0) is 14.3. The lowest BCUT2D eigenvalue weighted by Crippen LogP contribution is -2.28. The Kier molecular flexibility index (Phi) is 15.0. The van der Waals surface area contributed by atoms with Crippen LogP contribution in [-0.2, 0) is 14.2 Å². The van der Waals surface area contributed by atoms with E-state index >= 15 is 0 Å². The van der Waals surface area contributed by atoms with Crippen molar-refractivity contribution in [3.8, 4) is 0 Å². The van der Waals surface area contributed by atoms with Crippen LogP contribution in [0.4, 0.5) is 0 Å². The maximum atomic E-state index is 5.51. The Morgan fingerprint density at radius 2 is 1.47 bits per heavy atom. The number of alkyl halides is 1. The summed E-state index contributed by atoms with van der Waals surface area (Å²) >= 11 is 3.53. The first-order chi connectivity index (χ1) is 9.16. The van der Waals surface area contributed by atoms with E-state index < -0.39 is 0 Å². The molecule has 0 radical (unpaired) electrons. The minimum atomic E-state index is 0.522. The molecule has 1 atom stereocenters. The maximum Gasteiger partial charge on any atom is 0.0701 e. The standard InChI is InChI=1S/C14H30BrNO3/c1-4-5-7-17-9-11-19-12-10-18-8-6-16(3)13-14(2)15/h14H,4-13H2,1-3H3. The average molecular weight is 340 g/mol. The topological polar surface area (TPSA) is 30.9 Å². The Labute approximate surface area is 126 Å². The van der Waals surface area contributed by atoms with Crippen molar-refractivity contribution in [2.24, 2.45) is 0 Å². The van der Waals surface area contributed by atoms with Crippen LogP contribution in [0.1, 0.15) is 26.7 Å². The third kappa shape index (κ3) is 16.3. The van der Waals surface area contributed by atoms with Crippen LogP contribution in [0.2, 0.25) is 0 Å². The van der Waals surface area contributed by atoms with Crippen molar-refractivity contribution in [2.75, 3.05) is 59.8 Å². The molecule has 0 aromatic heterocycles. The largest absolute Gasteiger partial charge is 0.379 e. The van der Waals surface area contributed by atoms with E-state index in [1.807, 2.05) is 0 Å². The summed E-state index contributed by atoms with van der Waals surface area (Å²) in [6.07, 6.45) is 2.31. The lowest BCUT2D eigenvalue weighted by Gasteiger charge is -2.17. The van der Waals surface area contributed by atoms with Crippen molar-refractivity contribution in [1.29, 1.82) is 0 Å². The summed E-state index contributed by atoms with van der Waals surface area (Å²) < 4.78 is 16.3. The lowest BCUT2D eigenvalue weighted by molar-refractivity contribution is 0.0112. The van der Waals surface area contributed by atoms with Crippen molar-refractivity contribution >= 4 is 15.9 Å². The van der Waals surface area contributed by atoms with Crippen molar-refractivity contribution in [2.45, 2.75) is 31.5 Å². The highest BCUT2D eigenvalue weighted by molar-refractivity contribution is 9.09. The van der Waals surface area contributed by atoms with E-state index in [0.717, 1.165) is 32.7 Å². The second kappa shape index (κ2) is 14.7. The van der Waals surface area contributed by atoms with Crippen molar-refractivity contribution < 1.29 is 14.2 Å². The highest BCUT2D eigenvalue weighted by Crippen LogP contribution is 1.98. The minimum absolute atomic E-state index is 0.522. The zero-order valence-electron chi connectivity index (χ0n) is 12.7. The Morgan fingerprint density at radius 1 is 0.947 bits per heavy atom. The third-order valence-corrected chi connectivity index (χ3v) is 2.86. The van der Waals surface area contributed by atoms with Gasteiger partial charge in [0.1, 0.15) is 0 Å². The summed E-state index contributed by atoms with van der Waals surface area (Å²) in [6, 6.07) is 0. The molecule has 0 rings (SSSR count). The molecule has 0 aromatic carbocycles. The number of ether oxygens (including phenoxy) is 3. The number of rotatable bonds is 14. The highest BCUT2D eigenvalue weighted by Gasteiger charge is 2.01. The fraction of sp³-hybridized carbons (Fsp3) is 1.00. The van der Waals surface area contributed by atoms with Crippen LogP contribution in [0.5, 0.6) is 0 Å². The summed E-state index contributed by atoms with van der Waals surface area (Å²) in [5.41, 5.74) is 0. The Hall–Kier alpha value is 0.320. The maximum absolute atomic E-state index is 5.51. The molecule has 5 heteroatoms. The molecule has 0 N–H and O–H groups in total. The SMILES string of the molecule is CCCCOCCOCCOCCN(C)CC(C)Br. The van der Waals surface area contributed by atoms with Gasteiger partial charge >= 0.3 is 0 Å². The highest BCUT2D eigenvalue weighted by atomic mass is 79.9. The van der Waals surface area contributed by atoms with E-state index in [1.165, 1.54) is 6.42 Å². The van der Waals surface area contributed by atoms with E-state index in [1.54, 1.807) is 0 Å². The molecule has 0 saturated carbocycles. The fourth-order valence-electron chi connectivity index (χ4n) is 1.53. The molecular weight excluding hydrogens is 310 g/mol. The van der Waals surface area contributed by atoms with Crippen LogP contribution in [0, 0.1) is 0 Å². The Balaban J connectivity index is 3.06. The summed E-state index contributed by atoms with van der Waals surface area (Å²) in [6.45, 7) is 10.6. The average Bonchev–Trinajstić information content (AvgIpc) is 2.35. The zero-order valence-corrected chi connectivity index (χ0v) is 14.3. The predicted molar refractivity (Wildman–Crippen MR) is 83.3 cm³/mol. The number of nitrogens with zero attached hydrogens (tertiary/aromatic N) is 1. The molecule has 0 aliphatic heterocycles. The van der Waals surface area contributed by atoms with E-state index in [0.29, 0.717) is 31.3 Å². The lowest BCUT2D eigenvalue weighted by atomic mass is 10.4. The van der Waals surface area contributed by atoms with Crippen molar-refractivity contribution in [3.05, 3.63) is 0 Å². The normalized spacial score (nSPS) is 13.1. The molecule has 0 heterocycles. The van der Waals surface area contributed by atoms with E-state index in [-0.39, 0.29) is 0 Å². The number of hydrogen-bond acceptors (Lipinski definition) is 4. The van der Waals surface area contributed by atoms with Crippen molar-refractivity contribution in [1.82, 2.24) is 4.90 Å². The van der Waals surface area contributed by atoms with E-state index in [2.05, 4.69) is 41.7 Å². The fourth-order valence-corrected chi connectivity index (χ4v) is 2.02. The number of halogens is 1. The van der Waals surface area contributed by atoms with Gasteiger partial charge in [-0.1, -0.05) is 36.2 Å². The second-order valence-corrected chi connectivity index (χ2v) is 6.30. The van der Waals surface area contributed by atoms with Gasteiger partial charge in [-0.25, -0.2) is 0 Å². The predicted octanol–water partition coefficient (Wildman–Crippen LogP) is 2.55. The monoisotopic (exact) mass is 339 g/mol. The summed E-state index contributed by atoms with van der Waals surface area (Å²) in [5.74, 6) is 0. The first kappa shape index (κ1) is 19.3. The first-order valence-corrected chi connectivity index (χ1v) is 8.14. The summed E-state index contributed by atoms with van der Waals surface area (Å²) in [5, 5.41) is 0. The molecule has 0 bridgehead atoms. The molecule has 0 aliphatic rings. The second-order valence-electron chi connectivity index (χ2n) is 4.73. The molecule has 0 amide bonds. The molecule has 19 heavy (non-hydrogen) atoms. The molecule has 0 fully saturated rings. The third-order valence-electron chi connectivity index (χ3n) is 2.57. The van der Waals surface area contributed by atoms with Gasteiger partial charge in [0.2, 0.25) is 0 Å². The van der Waals surface area contributed by atoms with Crippen LogP contribution in [0.3, 0.4) is 0 Å². The molecule has 0 spiro atoms. The van der Waals surface area contributed by atoms with Gasteiger partial charge in [-0.15, -0.1) is 0 Å². The number of hydrogen-bond donors (Lipinski definition) is 0. The quantitative estimate of drug-likeness (QED) is 0.359. The van der Waals surface area contributed by atoms with Gasteiger partial charge in [0.15, 0.2) is 0 Å². The van der Waals surface area contributed by atoms with Crippen LogP contribution in [0.25, 0.3) is 0 Å². The van der Waals surface area contributed by atoms with Crippen LogP contribution in [-0.4, -0.2) is 69.5 Å². The molecule has 0 saturated heterocycles. The van der Waals surface area contributed by atoms with Crippen molar-refractivity contribution in [3.63, 3.8) is 0 Å². The molecule has 0 aliphatic carbocycles. The number of likely N-dealkylation sites (N-methyl/N-ethyl adjacent to an activating group) is 1. The van der Waals surface area contributed by atoms with Crippen LogP contribution < -0.4 is 0 Å². The van der Waals surface area contributed by atoms with Gasteiger partial charge in [-0.2, -0.15) is 0 Å². The van der Waals surface area contributed by atoms with E-state index in [4.69, 9.17) is 14.2 Å². The minimum Gasteiger partial charge on any atom is -0.379 e. The summed E-state index contributed by atoms with van der Waals surface area (Å²) in [7, 11) is 2.10. The molecule has 116 valence electrons. The van der Waals surface area contributed by atoms with Crippen LogP contribution in [0.15, 0.2) is 0 Å². The molecule has 1 unspecified atom stereocenters. The first-order valence-electron chi connectivity index (χ1n) is 7.22. The molecule has 0 aromatic rings. The number of unbranched alkanes of at least 4 members (excludes halogenated alkanes) is 1. The molecule has 4 nitrogen and oxygen atoms in total.